The molecule has 0 bridgehead atoms. The first-order valence-corrected chi connectivity index (χ1v) is 7.57. The van der Waals surface area contributed by atoms with E-state index in [1.165, 1.54) is 2.88 Å². The molecule has 0 aromatic carbocycles. The second-order valence-corrected chi connectivity index (χ2v) is 6.80. The van der Waals surface area contributed by atoms with Gasteiger partial charge in [-0.15, -0.1) is 11.3 Å². The molecule has 0 aliphatic heterocycles. The topological polar surface area (TPSA) is 20.3 Å². The summed E-state index contributed by atoms with van der Waals surface area (Å²) in [6.45, 7) is 8.04. The molecule has 0 saturated heterocycles. The molecule has 90 valence electrons. The number of rotatable bonds is 5. The highest BCUT2D eigenvalue weighted by atomic mass is 127. The Kier molecular flexibility index (Phi) is 5.75. The summed E-state index contributed by atoms with van der Waals surface area (Å²) in [5.41, 5.74) is 0.833. The normalized spacial score (nSPS) is 12.5. The Hall–Kier alpha value is -0.100. The highest BCUT2D eigenvalue weighted by Crippen LogP contribution is 2.18. The predicted octanol–water partition coefficient (Wildman–Crippen LogP) is 3.86. The van der Waals surface area contributed by atoms with E-state index in [4.69, 9.17) is 0 Å². The SMILES string of the molecule is CCC(C)CN(CC)C(=O)c1csc(I)c1. The zero-order valence-corrected chi connectivity index (χ0v) is 13.0. The molecule has 1 rings (SSSR count). The van der Waals surface area contributed by atoms with Gasteiger partial charge in [-0.1, -0.05) is 20.3 Å². The molecule has 0 radical (unpaired) electrons. The van der Waals surface area contributed by atoms with Crippen LogP contribution in [0, 0.1) is 8.80 Å². The van der Waals surface area contributed by atoms with Gasteiger partial charge in [0.05, 0.1) is 8.45 Å². The van der Waals surface area contributed by atoms with Crippen LogP contribution in [-0.2, 0) is 0 Å². The standard InChI is InChI=1S/C12H18INOS/c1-4-9(3)7-14(5-2)12(15)10-6-11(13)16-8-10/h6,8-9H,4-5,7H2,1-3H3. The van der Waals surface area contributed by atoms with Crippen LogP contribution in [0.25, 0.3) is 0 Å². The molecule has 1 atom stereocenters. The van der Waals surface area contributed by atoms with Crippen molar-refractivity contribution in [2.24, 2.45) is 5.92 Å². The number of hydrogen-bond donors (Lipinski definition) is 0. The molecule has 1 heterocycles. The van der Waals surface area contributed by atoms with E-state index >= 15 is 0 Å². The van der Waals surface area contributed by atoms with Gasteiger partial charge in [0.2, 0.25) is 0 Å². The Balaban J connectivity index is 2.69. The first-order chi connectivity index (χ1) is 7.58. The summed E-state index contributed by atoms with van der Waals surface area (Å²) in [5, 5.41) is 1.95. The lowest BCUT2D eigenvalue weighted by atomic mass is 10.1. The maximum absolute atomic E-state index is 12.2. The van der Waals surface area contributed by atoms with Gasteiger partial charge in [0.25, 0.3) is 5.91 Å². The fourth-order valence-corrected chi connectivity index (χ4v) is 2.79. The van der Waals surface area contributed by atoms with Gasteiger partial charge in [-0.3, -0.25) is 4.79 Å². The molecule has 0 aliphatic carbocycles. The summed E-state index contributed by atoms with van der Waals surface area (Å²) in [7, 11) is 0. The van der Waals surface area contributed by atoms with Crippen LogP contribution in [0.5, 0.6) is 0 Å². The molecular formula is C12H18INOS. The molecule has 0 aliphatic rings. The van der Waals surface area contributed by atoms with Gasteiger partial charge in [0, 0.05) is 18.5 Å². The smallest absolute Gasteiger partial charge is 0.254 e. The van der Waals surface area contributed by atoms with Crippen LogP contribution < -0.4 is 0 Å². The van der Waals surface area contributed by atoms with Crippen LogP contribution in [0.2, 0.25) is 0 Å². The Morgan fingerprint density at radius 3 is 2.69 bits per heavy atom. The molecule has 0 spiro atoms. The number of halogens is 1. The highest BCUT2D eigenvalue weighted by Gasteiger charge is 2.17. The van der Waals surface area contributed by atoms with Crippen LogP contribution >= 0.6 is 33.9 Å². The first-order valence-electron chi connectivity index (χ1n) is 5.61. The summed E-state index contributed by atoms with van der Waals surface area (Å²) < 4.78 is 1.17. The molecule has 1 unspecified atom stereocenters. The fourth-order valence-electron chi connectivity index (χ4n) is 1.47. The van der Waals surface area contributed by atoms with Crippen molar-refractivity contribution in [3.63, 3.8) is 0 Å². The van der Waals surface area contributed by atoms with Gasteiger partial charge in [-0.2, -0.15) is 0 Å². The molecule has 1 aromatic rings. The van der Waals surface area contributed by atoms with E-state index in [-0.39, 0.29) is 5.91 Å². The average Bonchev–Trinajstić information content (AvgIpc) is 2.71. The van der Waals surface area contributed by atoms with Gasteiger partial charge in [0.1, 0.15) is 0 Å². The van der Waals surface area contributed by atoms with E-state index in [2.05, 4.69) is 36.4 Å². The average molecular weight is 351 g/mol. The third-order valence-electron chi connectivity index (χ3n) is 2.71. The summed E-state index contributed by atoms with van der Waals surface area (Å²) in [4.78, 5) is 14.1. The van der Waals surface area contributed by atoms with E-state index in [0.717, 1.165) is 25.1 Å². The molecule has 1 amide bonds. The lowest BCUT2D eigenvalue weighted by Gasteiger charge is -2.23. The zero-order valence-electron chi connectivity index (χ0n) is 10.00. The Labute approximate surface area is 115 Å². The molecule has 0 saturated carbocycles. The fraction of sp³-hybridized carbons (Fsp3) is 0.583. The second-order valence-electron chi connectivity index (χ2n) is 4.00. The minimum Gasteiger partial charge on any atom is -0.339 e. The summed E-state index contributed by atoms with van der Waals surface area (Å²) in [5.74, 6) is 0.739. The summed E-state index contributed by atoms with van der Waals surface area (Å²) in [6, 6.07) is 1.97. The van der Waals surface area contributed by atoms with Crippen LogP contribution in [0.1, 0.15) is 37.6 Å². The highest BCUT2D eigenvalue weighted by molar-refractivity contribution is 14.1. The lowest BCUT2D eigenvalue weighted by Crippen LogP contribution is -2.34. The van der Waals surface area contributed by atoms with Crippen molar-refractivity contribution in [1.29, 1.82) is 0 Å². The van der Waals surface area contributed by atoms with E-state index in [1.54, 1.807) is 11.3 Å². The third kappa shape index (κ3) is 3.73. The predicted molar refractivity (Wildman–Crippen MR) is 78.1 cm³/mol. The minimum atomic E-state index is 0.168. The summed E-state index contributed by atoms with van der Waals surface area (Å²) in [6.07, 6.45) is 1.12. The Bertz CT molecular complexity index is 351. The Morgan fingerprint density at radius 2 is 2.25 bits per heavy atom. The monoisotopic (exact) mass is 351 g/mol. The van der Waals surface area contributed by atoms with Crippen LogP contribution in [0.15, 0.2) is 11.4 Å². The maximum Gasteiger partial charge on any atom is 0.254 e. The molecule has 16 heavy (non-hydrogen) atoms. The quantitative estimate of drug-likeness (QED) is 0.738. The largest absolute Gasteiger partial charge is 0.339 e. The van der Waals surface area contributed by atoms with Crippen molar-refractivity contribution in [3.8, 4) is 0 Å². The third-order valence-corrected chi connectivity index (χ3v) is 4.50. The minimum absolute atomic E-state index is 0.168. The molecule has 0 fully saturated rings. The van der Waals surface area contributed by atoms with Gasteiger partial charge in [0.15, 0.2) is 0 Å². The van der Waals surface area contributed by atoms with Crippen LogP contribution in [0.4, 0.5) is 0 Å². The molecular weight excluding hydrogens is 333 g/mol. The van der Waals surface area contributed by atoms with E-state index in [9.17, 15) is 4.79 Å². The van der Waals surface area contributed by atoms with Crippen molar-refractivity contribution in [2.45, 2.75) is 27.2 Å². The van der Waals surface area contributed by atoms with Crippen molar-refractivity contribution in [1.82, 2.24) is 4.90 Å². The molecule has 1 aromatic heterocycles. The van der Waals surface area contributed by atoms with Gasteiger partial charge >= 0.3 is 0 Å². The van der Waals surface area contributed by atoms with Crippen molar-refractivity contribution < 1.29 is 4.79 Å². The van der Waals surface area contributed by atoms with E-state index < -0.39 is 0 Å². The molecule has 2 nitrogen and oxygen atoms in total. The number of amides is 1. The van der Waals surface area contributed by atoms with Crippen molar-refractivity contribution in [2.75, 3.05) is 13.1 Å². The maximum atomic E-state index is 12.2. The van der Waals surface area contributed by atoms with Crippen molar-refractivity contribution >= 4 is 39.8 Å². The molecule has 0 N–H and O–H groups in total. The number of thiophene rings is 1. The number of carbonyl (C=O) groups excluding carboxylic acids is 1. The van der Waals surface area contributed by atoms with Crippen LogP contribution in [0.3, 0.4) is 0 Å². The van der Waals surface area contributed by atoms with Gasteiger partial charge < -0.3 is 4.90 Å². The van der Waals surface area contributed by atoms with Gasteiger partial charge in [-0.05, 0) is 41.5 Å². The zero-order chi connectivity index (χ0) is 12.1. The van der Waals surface area contributed by atoms with E-state index in [1.807, 2.05) is 23.3 Å². The Morgan fingerprint density at radius 1 is 1.56 bits per heavy atom. The van der Waals surface area contributed by atoms with Gasteiger partial charge in [-0.25, -0.2) is 0 Å². The molecule has 4 heteroatoms. The number of nitrogens with zero attached hydrogens (tertiary/aromatic N) is 1. The van der Waals surface area contributed by atoms with Crippen molar-refractivity contribution in [3.05, 3.63) is 19.9 Å². The van der Waals surface area contributed by atoms with Crippen LogP contribution in [-0.4, -0.2) is 23.9 Å². The van der Waals surface area contributed by atoms with E-state index in [0.29, 0.717) is 5.92 Å². The summed E-state index contributed by atoms with van der Waals surface area (Å²) >= 11 is 3.87. The number of carbonyl (C=O) groups is 1. The lowest BCUT2D eigenvalue weighted by molar-refractivity contribution is 0.0741. The first kappa shape index (κ1) is 14.0. The second kappa shape index (κ2) is 6.59. The number of hydrogen-bond acceptors (Lipinski definition) is 2.